The lowest BCUT2D eigenvalue weighted by molar-refractivity contribution is -0.119. The highest BCUT2D eigenvalue weighted by atomic mass is 32.1. The molecule has 1 aromatic heterocycles. The Bertz CT molecular complexity index is 268. The van der Waals surface area contributed by atoms with Gasteiger partial charge in [0.2, 0.25) is 0 Å². The molecule has 1 atom stereocenters. The van der Waals surface area contributed by atoms with Crippen LogP contribution in [0.1, 0.15) is 33.1 Å². The highest BCUT2D eigenvalue weighted by Gasteiger charge is 2.11. The van der Waals surface area contributed by atoms with Gasteiger partial charge in [0, 0.05) is 24.8 Å². The molecule has 1 unspecified atom stereocenters. The van der Waals surface area contributed by atoms with Crippen LogP contribution < -0.4 is 0 Å². The second-order valence-corrected chi connectivity index (χ2v) is 4.08. The summed E-state index contributed by atoms with van der Waals surface area (Å²) in [5, 5.41) is 2.04. The average molecular weight is 258 g/mol. The van der Waals surface area contributed by atoms with E-state index in [4.69, 9.17) is 4.74 Å². The summed E-state index contributed by atoms with van der Waals surface area (Å²) >= 11 is 1.70. The van der Waals surface area contributed by atoms with Crippen LogP contribution in [-0.4, -0.2) is 19.0 Å². The van der Waals surface area contributed by atoms with E-state index in [1.54, 1.807) is 25.4 Å². The number of ether oxygens (including phenoxy) is 1. The first-order chi connectivity index (χ1) is 7.22. The van der Waals surface area contributed by atoms with E-state index < -0.39 is 0 Å². The summed E-state index contributed by atoms with van der Waals surface area (Å²) in [5.41, 5.74) is 0. The summed E-state index contributed by atoms with van der Waals surface area (Å²) in [4.78, 5) is 12.1. The summed E-state index contributed by atoms with van der Waals surface area (Å²) in [6.07, 6.45) is 1.39. The molecule has 17 heavy (non-hydrogen) atoms. The molecule has 1 rings (SSSR count). The van der Waals surface area contributed by atoms with Gasteiger partial charge in [-0.2, -0.15) is 0 Å². The van der Waals surface area contributed by atoms with Crippen LogP contribution >= 0.6 is 11.3 Å². The van der Waals surface area contributed by atoms with Gasteiger partial charge in [0.05, 0.1) is 6.10 Å². The van der Waals surface area contributed by atoms with Gasteiger partial charge in [-0.25, -0.2) is 0 Å². The van der Waals surface area contributed by atoms with Crippen molar-refractivity contribution in [2.75, 3.05) is 7.11 Å². The lowest BCUT2D eigenvalue weighted by Gasteiger charge is -2.11. The molecular weight excluding hydrogens is 232 g/mol. The number of Topliss-reactive ketones (excluding diaryl/α,β-unsaturated/α-hetero) is 1. The fourth-order valence-corrected chi connectivity index (χ4v) is 1.98. The van der Waals surface area contributed by atoms with Crippen LogP contribution in [0.15, 0.2) is 30.7 Å². The van der Waals surface area contributed by atoms with Crippen molar-refractivity contribution in [1.82, 2.24) is 0 Å². The number of ketones is 1. The first kappa shape index (κ1) is 21.4. The number of methoxy groups -OCH3 is 1. The Balaban J connectivity index is -0.000000464. The molecule has 0 amide bonds. The topological polar surface area (TPSA) is 26.3 Å². The maximum atomic E-state index is 10.9. The molecule has 0 aliphatic heterocycles. The molecule has 0 saturated carbocycles. The van der Waals surface area contributed by atoms with E-state index in [-0.39, 0.29) is 26.7 Å². The molecule has 0 spiro atoms. The number of carbonyl (C=O) groups is 1. The highest BCUT2D eigenvalue weighted by molar-refractivity contribution is 7.09. The maximum absolute atomic E-state index is 10.9. The fraction of sp³-hybridized carbons (Fsp3) is 0.500. The molecule has 1 heterocycles. The van der Waals surface area contributed by atoms with Crippen molar-refractivity contribution in [3.8, 4) is 0 Å². The molecule has 0 radical (unpaired) electrons. The summed E-state index contributed by atoms with van der Waals surface area (Å²) in [6, 6.07) is 4.08. The number of thiophene rings is 1. The molecule has 0 aliphatic rings. The molecule has 2 nitrogen and oxygen atoms in total. The zero-order chi connectivity index (χ0) is 11.7. The zero-order valence-electron chi connectivity index (χ0n) is 9.36. The first-order valence-electron chi connectivity index (χ1n) is 4.77. The van der Waals surface area contributed by atoms with Gasteiger partial charge in [0.15, 0.2) is 0 Å². The first-order valence-corrected chi connectivity index (χ1v) is 5.65. The number of hydrogen-bond donors (Lipinski definition) is 0. The Kier molecular flexibility index (Phi) is 16.5. The van der Waals surface area contributed by atoms with Gasteiger partial charge < -0.3 is 4.74 Å². The van der Waals surface area contributed by atoms with Crippen molar-refractivity contribution in [3.05, 3.63) is 35.5 Å². The minimum atomic E-state index is 0. The molecule has 0 N–H and O–H groups in total. The number of rotatable bonds is 5. The van der Waals surface area contributed by atoms with E-state index in [2.05, 4.69) is 19.2 Å². The fourth-order valence-electron chi connectivity index (χ4n) is 1.21. The normalized spacial score (nSPS) is 10.0. The molecule has 0 aliphatic carbocycles. The standard InChI is InChI=1S/C10H14O2S.C2H4.2CH4/c1-8(11)6-9(12-2)7-10-4-3-5-13-10;1-2;;/h3-5,9H,6-7H2,1-2H3;1-2H2;2*1H4. The molecule has 100 valence electrons. The molecule has 0 fully saturated rings. The largest absolute Gasteiger partial charge is 0.381 e. The van der Waals surface area contributed by atoms with E-state index in [0.29, 0.717) is 6.42 Å². The van der Waals surface area contributed by atoms with Gasteiger partial charge in [0.25, 0.3) is 0 Å². The van der Waals surface area contributed by atoms with Crippen molar-refractivity contribution in [3.63, 3.8) is 0 Å². The van der Waals surface area contributed by atoms with E-state index in [0.717, 1.165) is 6.42 Å². The Hall–Kier alpha value is -0.930. The van der Waals surface area contributed by atoms with Gasteiger partial charge in [-0.15, -0.1) is 24.5 Å². The second kappa shape index (κ2) is 13.1. The smallest absolute Gasteiger partial charge is 0.132 e. The Morgan fingerprint density at radius 3 is 2.41 bits per heavy atom. The predicted molar refractivity (Wildman–Crippen MR) is 78.8 cm³/mol. The molecule has 0 saturated heterocycles. The van der Waals surface area contributed by atoms with Crippen LogP contribution in [0.2, 0.25) is 0 Å². The third-order valence-corrected chi connectivity index (χ3v) is 2.76. The number of hydrogen-bond acceptors (Lipinski definition) is 3. The quantitative estimate of drug-likeness (QED) is 0.734. The van der Waals surface area contributed by atoms with Crippen LogP contribution in [0.25, 0.3) is 0 Å². The van der Waals surface area contributed by atoms with Crippen molar-refractivity contribution < 1.29 is 9.53 Å². The number of carbonyl (C=O) groups excluding carboxylic acids is 1. The van der Waals surface area contributed by atoms with Gasteiger partial charge in [-0.1, -0.05) is 20.9 Å². The van der Waals surface area contributed by atoms with E-state index >= 15 is 0 Å². The maximum Gasteiger partial charge on any atom is 0.132 e. The monoisotopic (exact) mass is 258 g/mol. The van der Waals surface area contributed by atoms with Crippen LogP contribution in [0.3, 0.4) is 0 Å². The van der Waals surface area contributed by atoms with Crippen molar-refractivity contribution >= 4 is 17.1 Å². The molecule has 0 bridgehead atoms. The average Bonchev–Trinajstić information content (AvgIpc) is 2.72. The van der Waals surface area contributed by atoms with Gasteiger partial charge in [-0.3, -0.25) is 4.79 Å². The Labute approximate surface area is 110 Å². The van der Waals surface area contributed by atoms with Crippen molar-refractivity contribution in [2.24, 2.45) is 0 Å². The third kappa shape index (κ3) is 9.97. The van der Waals surface area contributed by atoms with Crippen LogP contribution in [0.4, 0.5) is 0 Å². The summed E-state index contributed by atoms with van der Waals surface area (Å²) < 4.78 is 5.22. The van der Waals surface area contributed by atoms with Crippen LogP contribution in [0.5, 0.6) is 0 Å². The molecule has 1 aromatic rings. The third-order valence-electron chi connectivity index (χ3n) is 1.86. The molecule has 0 aromatic carbocycles. The SMILES string of the molecule is C.C.C=C.COC(CC(C)=O)Cc1cccs1. The minimum Gasteiger partial charge on any atom is -0.381 e. The van der Waals surface area contributed by atoms with Crippen molar-refractivity contribution in [1.29, 1.82) is 0 Å². The van der Waals surface area contributed by atoms with Crippen LogP contribution in [-0.2, 0) is 16.0 Å². The molecule has 3 heteroatoms. The second-order valence-electron chi connectivity index (χ2n) is 3.05. The van der Waals surface area contributed by atoms with E-state index in [1.165, 1.54) is 4.88 Å². The summed E-state index contributed by atoms with van der Waals surface area (Å²) in [7, 11) is 1.65. The zero-order valence-corrected chi connectivity index (χ0v) is 10.2. The predicted octanol–water partition coefficient (Wildman–Crippen LogP) is 4.36. The Morgan fingerprint density at radius 1 is 1.47 bits per heavy atom. The summed E-state index contributed by atoms with van der Waals surface area (Å²) in [5.74, 6) is 0.184. The minimum absolute atomic E-state index is 0. The lowest BCUT2D eigenvalue weighted by Crippen LogP contribution is -2.16. The summed E-state index contributed by atoms with van der Waals surface area (Å²) in [6.45, 7) is 7.60. The molecular formula is C14H26O2S. The Morgan fingerprint density at radius 2 is 2.06 bits per heavy atom. The van der Waals surface area contributed by atoms with Gasteiger partial charge >= 0.3 is 0 Å². The van der Waals surface area contributed by atoms with E-state index in [1.807, 2.05) is 11.4 Å². The van der Waals surface area contributed by atoms with Crippen LogP contribution in [0, 0.1) is 0 Å². The highest BCUT2D eigenvalue weighted by Crippen LogP contribution is 2.14. The van der Waals surface area contributed by atoms with Crippen molar-refractivity contribution in [2.45, 2.75) is 40.7 Å². The van der Waals surface area contributed by atoms with Gasteiger partial charge in [0.1, 0.15) is 5.78 Å². The van der Waals surface area contributed by atoms with E-state index in [9.17, 15) is 4.79 Å². The van der Waals surface area contributed by atoms with Gasteiger partial charge in [-0.05, 0) is 18.4 Å². The lowest BCUT2D eigenvalue weighted by atomic mass is 10.1.